The van der Waals surface area contributed by atoms with E-state index in [2.05, 4.69) is 11.1 Å². The molecule has 2 aromatic carbocycles. The van der Waals surface area contributed by atoms with Crippen molar-refractivity contribution in [1.29, 1.82) is 5.26 Å². The lowest BCUT2D eigenvalue weighted by atomic mass is 10.1. The van der Waals surface area contributed by atoms with Crippen LogP contribution in [0.1, 0.15) is 11.1 Å². The minimum absolute atomic E-state index is 0.226. The predicted octanol–water partition coefficient (Wildman–Crippen LogP) is 4.80. The summed E-state index contributed by atoms with van der Waals surface area (Å²) in [6.07, 6.45) is 0. The third-order valence-electron chi connectivity index (χ3n) is 3.21. The first kappa shape index (κ1) is 13.5. The third-order valence-corrected chi connectivity index (χ3v) is 4.10. The number of benzene rings is 2. The van der Waals surface area contributed by atoms with Crippen molar-refractivity contribution >= 4 is 11.3 Å². The Labute approximate surface area is 126 Å². The number of thiazole rings is 1. The van der Waals surface area contributed by atoms with E-state index in [1.807, 2.05) is 23.6 Å². The first-order valence-electron chi connectivity index (χ1n) is 6.40. The Balaban J connectivity index is 1.99. The summed E-state index contributed by atoms with van der Waals surface area (Å²) in [5.74, 6) is -0.226. The molecule has 0 radical (unpaired) electrons. The van der Waals surface area contributed by atoms with E-state index in [1.54, 1.807) is 25.1 Å². The van der Waals surface area contributed by atoms with E-state index in [0.29, 0.717) is 11.1 Å². The van der Waals surface area contributed by atoms with Gasteiger partial charge in [0, 0.05) is 16.5 Å². The molecule has 1 heterocycles. The first-order chi connectivity index (χ1) is 10.2. The summed E-state index contributed by atoms with van der Waals surface area (Å²) in [6.45, 7) is 1.74. The smallest absolute Gasteiger partial charge is 0.126 e. The number of halogens is 1. The molecule has 4 heteroatoms. The van der Waals surface area contributed by atoms with E-state index >= 15 is 0 Å². The number of aryl methyl sites for hydroxylation is 1. The van der Waals surface area contributed by atoms with Crippen LogP contribution in [0, 0.1) is 24.1 Å². The number of rotatable bonds is 2. The molecule has 0 aliphatic carbocycles. The van der Waals surface area contributed by atoms with Crippen LogP contribution in [0.15, 0.2) is 47.8 Å². The Bertz CT molecular complexity index is 846. The molecular weight excluding hydrogens is 283 g/mol. The molecule has 0 amide bonds. The molecular formula is C17H11FN2S. The maximum Gasteiger partial charge on any atom is 0.126 e. The van der Waals surface area contributed by atoms with Crippen LogP contribution in [0.4, 0.5) is 4.39 Å². The summed E-state index contributed by atoms with van der Waals surface area (Å²) >= 11 is 1.46. The average Bonchev–Trinajstić information content (AvgIpc) is 3.00. The number of nitrogens with zero attached hydrogens (tertiary/aromatic N) is 2. The van der Waals surface area contributed by atoms with Crippen LogP contribution in [0.25, 0.3) is 21.8 Å². The highest BCUT2D eigenvalue weighted by Gasteiger charge is 2.09. The van der Waals surface area contributed by atoms with E-state index in [1.165, 1.54) is 17.4 Å². The molecule has 102 valence electrons. The molecule has 3 rings (SSSR count). The van der Waals surface area contributed by atoms with E-state index in [-0.39, 0.29) is 5.82 Å². The Hall–Kier alpha value is -2.51. The van der Waals surface area contributed by atoms with Crippen molar-refractivity contribution < 1.29 is 4.39 Å². The van der Waals surface area contributed by atoms with Gasteiger partial charge in [-0.05, 0) is 30.7 Å². The van der Waals surface area contributed by atoms with Crippen LogP contribution in [-0.4, -0.2) is 4.98 Å². The number of nitriles is 1. The van der Waals surface area contributed by atoms with Crippen molar-refractivity contribution in [3.05, 3.63) is 64.8 Å². The fourth-order valence-corrected chi connectivity index (χ4v) is 2.84. The summed E-state index contributed by atoms with van der Waals surface area (Å²) in [5, 5.41) is 11.6. The van der Waals surface area contributed by atoms with Gasteiger partial charge in [0.05, 0.1) is 17.3 Å². The van der Waals surface area contributed by atoms with Crippen molar-refractivity contribution in [2.45, 2.75) is 6.92 Å². The fourth-order valence-electron chi connectivity index (χ4n) is 2.01. The van der Waals surface area contributed by atoms with Crippen LogP contribution in [-0.2, 0) is 0 Å². The molecule has 0 fully saturated rings. The lowest BCUT2D eigenvalue weighted by Crippen LogP contribution is -1.85. The van der Waals surface area contributed by atoms with E-state index in [9.17, 15) is 4.39 Å². The predicted molar refractivity (Wildman–Crippen MR) is 82.4 cm³/mol. The van der Waals surface area contributed by atoms with Gasteiger partial charge in [-0.25, -0.2) is 9.37 Å². The Morgan fingerprint density at radius 1 is 1.14 bits per heavy atom. The van der Waals surface area contributed by atoms with Gasteiger partial charge in [0.2, 0.25) is 0 Å². The molecule has 0 saturated heterocycles. The molecule has 21 heavy (non-hydrogen) atoms. The first-order valence-corrected chi connectivity index (χ1v) is 7.28. The summed E-state index contributed by atoms with van der Waals surface area (Å²) in [7, 11) is 0. The standard InChI is InChI=1S/C17H11FN2S/c1-11-5-6-14(8-15(11)18)17-20-16(10-21-17)13-4-2-3-12(7-13)9-19/h2-8,10H,1H3. The van der Waals surface area contributed by atoms with Crippen LogP contribution in [0.5, 0.6) is 0 Å². The highest BCUT2D eigenvalue weighted by atomic mass is 32.1. The van der Waals surface area contributed by atoms with Gasteiger partial charge < -0.3 is 0 Å². The van der Waals surface area contributed by atoms with Crippen LogP contribution in [0.3, 0.4) is 0 Å². The molecule has 0 bridgehead atoms. The normalized spacial score (nSPS) is 10.3. The minimum Gasteiger partial charge on any atom is -0.236 e. The molecule has 0 saturated carbocycles. The van der Waals surface area contributed by atoms with Gasteiger partial charge in [0.1, 0.15) is 10.8 Å². The Morgan fingerprint density at radius 2 is 2.00 bits per heavy atom. The second-order valence-electron chi connectivity index (χ2n) is 4.69. The van der Waals surface area contributed by atoms with Crippen molar-refractivity contribution in [2.75, 3.05) is 0 Å². The zero-order chi connectivity index (χ0) is 14.8. The molecule has 0 atom stereocenters. The van der Waals surface area contributed by atoms with Crippen molar-refractivity contribution in [1.82, 2.24) is 4.98 Å². The van der Waals surface area contributed by atoms with E-state index < -0.39 is 0 Å². The van der Waals surface area contributed by atoms with Gasteiger partial charge in [-0.3, -0.25) is 0 Å². The molecule has 2 nitrogen and oxygen atoms in total. The Morgan fingerprint density at radius 3 is 2.76 bits per heavy atom. The van der Waals surface area contributed by atoms with E-state index in [0.717, 1.165) is 21.8 Å². The molecule has 0 N–H and O–H groups in total. The minimum atomic E-state index is -0.226. The van der Waals surface area contributed by atoms with Crippen LogP contribution in [0.2, 0.25) is 0 Å². The Kier molecular flexibility index (Phi) is 3.51. The number of aromatic nitrogens is 1. The van der Waals surface area contributed by atoms with Crippen molar-refractivity contribution in [3.63, 3.8) is 0 Å². The summed E-state index contributed by atoms with van der Waals surface area (Å²) in [6, 6.07) is 14.5. The lowest BCUT2D eigenvalue weighted by molar-refractivity contribution is 0.619. The second-order valence-corrected chi connectivity index (χ2v) is 5.55. The van der Waals surface area contributed by atoms with Crippen LogP contribution < -0.4 is 0 Å². The van der Waals surface area contributed by atoms with Gasteiger partial charge in [-0.1, -0.05) is 24.3 Å². The summed E-state index contributed by atoms with van der Waals surface area (Å²) < 4.78 is 13.6. The fraction of sp³-hybridized carbons (Fsp3) is 0.0588. The molecule has 1 aromatic heterocycles. The van der Waals surface area contributed by atoms with Gasteiger partial charge >= 0.3 is 0 Å². The molecule has 0 aliphatic heterocycles. The largest absolute Gasteiger partial charge is 0.236 e. The highest BCUT2D eigenvalue weighted by molar-refractivity contribution is 7.13. The summed E-state index contributed by atoms with van der Waals surface area (Å²) in [4.78, 5) is 4.54. The monoisotopic (exact) mass is 294 g/mol. The maximum atomic E-state index is 13.6. The van der Waals surface area contributed by atoms with E-state index in [4.69, 9.17) is 5.26 Å². The molecule has 0 spiro atoms. The third kappa shape index (κ3) is 2.69. The van der Waals surface area contributed by atoms with Crippen molar-refractivity contribution in [2.24, 2.45) is 0 Å². The number of hydrogen-bond donors (Lipinski definition) is 0. The van der Waals surface area contributed by atoms with Gasteiger partial charge in [-0.2, -0.15) is 5.26 Å². The summed E-state index contributed by atoms with van der Waals surface area (Å²) in [5.41, 5.74) is 3.68. The van der Waals surface area contributed by atoms with Gasteiger partial charge in [0.25, 0.3) is 0 Å². The average molecular weight is 294 g/mol. The molecule has 0 aliphatic rings. The topological polar surface area (TPSA) is 36.7 Å². The van der Waals surface area contributed by atoms with Gasteiger partial charge in [0.15, 0.2) is 0 Å². The zero-order valence-electron chi connectivity index (χ0n) is 11.3. The quantitative estimate of drug-likeness (QED) is 0.681. The molecule has 3 aromatic rings. The van der Waals surface area contributed by atoms with Crippen molar-refractivity contribution in [3.8, 4) is 27.9 Å². The lowest BCUT2D eigenvalue weighted by Gasteiger charge is -2.00. The zero-order valence-corrected chi connectivity index (χ0v) is 12.1. The number of hydrogen-bond acceptors (Lipinski definition) is 3. The SMILES string of the molecule is Cc1ccc(-c2nc(-c3cccc(C#N)c3)cs2)cc1F. The highest BCUT2D eigenvalue weighted by Crippen LogP contribution is 2.30. The second kappa shape index (κ2) is 5.47. The maximum absolute atomic E-state index is 13.6. The van der Waals surface area contributed by atoms with Crippen LogP contribution >= 0.6 is 11.3 Å². The van der Waals surface area contributed by atoms with Gasteiger partial charge in [-0.15, -0.1) is 11.3 Å². The molecule has 0 unspecified atom stereocenters.